The maximum Gasteiger partial charge on any atom is 0.0230 e. The first-order chi connectivity index (χ1) is 8.69. The normalized spacial score (nSPS) is 17.1. The smallest absolute Gasteiger partial charge is 0.0230 e. The summed E-state index contributed by atoms with van der Waals surface area (Å²) in [4.78, 5) is 2.45. The van der Waals surface area contributed by atoms with Gasteiger partial charge in [0.1, 0.15) is 0 Å². The van der Waals surface area contributed by atoms with Crippen LogP contribution >= 0.6 is 0 Å². The van der Waals surface area contributed by atoms with E-state index in [2.05, 4.69) is 48.5 Å². The molecule has 1 aliphatic carbocycles. The molecule has 1 aromatic carbocycles. The van der Waals surface area contributed by atoms with Gasteiger partial charge in [-0.1, -0.05) is 31.2 Å². The van der Waals surface area contributed by atoms with Crippen LogP contribution in [0.1, 0.15) is 36.8 Å². The van der Waals surface area contributed by atoms with Crippen LogP contribution in [0.2, 0.25) is 0 Å². The first-order valence-corrected chi connectivity index (χ1v) is 7.11. The Hall–Kier alpha value is -0.860. The maximum absolute atomic E-state index is 3.23. The zero-order chi connectivity index (χ0) is 13.0. The molecule has 1 aromatic rings. The highest BCUT2D eigenvalue weighted by atomic mass is 15.1. The molecule has 0 bridgehead atoms. The molecule has 0 saturated heterocycles. The summed E-state index contributed by atoms with van der Waals surface area (Å²) in [5.41, 5.74) is 2.86. The monoisotopic (exact) mass is 246 g/mol. The van der Waals surface area contributed by atoms with Crippen molar-refractivity contribution in [3.63, 3.8) is 0 Å². The van der Waals surface area contributed by atoms with Gasteiger partial charge in [-0.2, -0.15) is 0 Å². The van der Waals surface area contributed by atoms with Gasteiger partial charge in [0.15, 0.2) is 0 Å². The van der Waals surface area contributed by atoms with Gasteiger partial charge in [0.05, 0.1) is 0 Å². The van der Waals surface area contributed by atoms with Gasteiger partial charge < -0.3 is 10.2 Å². The minimum absolute atomic E-state index is 0.591. The molecule has 100 valence electrons. The topological polar surface area (TPSA) is 15.3 Å². The molecule has 2 heteroatoms. The molecule has 1 fully saturated rings. The summed E-state index contributed by atoms with van der Waals surface area (Å²) < 4.78 is 0. The van der Waals surface area contributed by atoms with Gasteiger partial charge in [-0.3, -0.25) is 0 Å². The molecule has 1 atom stereocenters. The van der Waals surface area contributed by atoms with Crippen molar-refractivity contribution in [1.29, 1.82) is 0 Å². The molecule has 0 amide bonds. The Morgan fingerprint density at radius 3 is 2.50 bits per heavy atom. The second-order valence-electron chi connectivity index (χ2n) is 5.84. The summed E-state index contributed by atoms with van der Waals surface area (Å²) in [5, 5.41) is 3.23. The third-order valence-corrected chi connectivity index (χ3v) is 3.78. The molecular formula is C16H26N2. The summed E-state index contributed by atoms with van der Waals surface area (Å²) in [5.74, 6) is 1.57. The van der Waals surface area contributed by atoms with Crippen molar-refractivity contribution in [3.8, 4) is 0 Å². The van der Waals surface area contributed by atoms with Gasteiger partial charge in [-0.15, -0.1) is 0 Å². The van der Waals surface area contributed by atoms with Crippen molar-refractivity contribution in [1.82, 2.24) is 10.2 Å². The Kier molecular flexibility index (Phi) is 4.79. The third kappa shape index (κ3) is 4.11. The summed E-state index contributed by atoms with van der Waals surface area (Å²) in [7, 11) is 4.24. The summed E-state index contributed by atoms with van der Waals surface area (Å²) >= 11 is 0. The van der Waals surface area contributed by atoms with E-state index < -0.39 is 0 Å². The molecular weight excluding hydrogens is 220 g/mol. The van der Waals surface area contributed by atoms with Crippen LogP contribution in [0, 0.1) is 5.92 Å². The van der Waals surface area contributed by atoms with Crippen molar-refractivity contribution in [3.05, 3.63) is 35.4 Å². The van der Waals surface area contributed by atoms with Gasteiger partial charge in [0.25, 0.3) is 0 Å². The number of hydrogen-bond acceptors (Lipinski definition) is 2. The lowest BCUT2D eigenvalue weighted by atomic mass is 10.00. The first kappa shape index (κ1) is 13.6. The number of benzene rings is 1. The van der Waals surface area contributed by atoms with Gasteiger partial charge in [0, 0.05) is 19.6 Å². The maximum atomic E-state index is 3.23. The lowest BCUT2D eigenvalue weighted by molar-refractivity contribution is 0.313. The van der Waals surface area contributed by atoms with Crippen LogP contribution in [-0.2, 0) is 6.54 Å². The second kappa shape index (κ2) is 6.35. The van der Waals surface area contributed by atoms with Crippen LogP contribution in [-0.4, -0.2) is 32.1 Å². The molecule has 1 unspecified atom stereocenters. The highest BCUT2D eigenvalue weighted by Gasteiger charge is 2.22. The zero-order valence-electron chi connectivity index (χ0n) is 11.9. The number of likely N-dealkylation sites (N-methyl/N-ethyl adjacent to an activating group) is 1. The lowest BCUT2D eigenvalue weighted by Crippen LogP contribution is -2.20. The molecule has 1 aliphatic rings. The van der Waals surface area contributed by atoms with E-state index in [1.165, 1.54) is 30.5 Å². The average Bonchev–Trinajstić information content (AvgIpc) is 3.14. The molecule has 2 rings (SSSR count). The van der Waals surface area contributed by atoms with E-state index in [1.807, 2.05) is 7.05 Å². The molecule has 2 nitrogen and oxygen atoms in total. The highest BCUT2D eigenvalue weighted by molar-refractivity contribution is 5.25. The van der Waals surface area contributed by atoms with Crippen LogP contribution < -0.4 is 5.32 Å². The first-order valence-electron chi connectivity index (χ1n) is 7.11. The zero-order valence-corrected chi connectivity index (χ0v) is 11.9. The largest absolute Gasteiger partial charge is 0.319 e. The molecule has 1 N–H and O–H groups in total. The van der Waals surface area contributed by atoms with Crippen molar-refractivity contribution >= 4 is 0 Å². The van der Waals surface area contributed by atoms with E-state index in [4.69, 9.17) is 0 Å². The molecule has 0 spiro atoms. The standard InChI is InChI=1S/C16H26N2/c1-13(10-17-2)16-8-6-15(7-9-16)12-18(3)11-14-4-5-14/h6-9,13-14,17H,4-5,10-12H2,1-3H3. The molecule has 0 aromatic heterocycles. The van der Waals surface area contributed by atoms with E-state index in [1.54, 1.807) is 0 Å². The van der Waals surface area contributed by atoms with Crippen molar-refractivity contribution in [2.75, 3.05) is 27.2 Å². The van der Waals surface area contributed by atoms with E-state index in [0.717, 1.165) is 19.0 Å². The predicted octanol–water partition coefficient (Wildman–Crippen LogP) is 2.85. The second-order valence-corrected chi connectivity index (χ2v) is 5.84. The van der Waals surface area contributed by atoms with Gasteiger partial charge in [-0.25, -0.2) is 0 Å². The lowest BCUT2D eigenvalue weighted by Gasteiger charge is -2.17. The third-order valence-electron chi connectivity index (χ3n) is 3.78. The minimum Gasteiger partial charge on any atom is -0.319 e. The van der Waals surface area contributed by atoms with E-state index in [0.29, 0.717) is 5.92 Å². The van der Waals surface area contributed by atoms with Gasteiger partial charge in [0.2, 0.25) is 0 Å². The number of rotatable bonds is 7. The number of hydrogen-bond donors (Lipinski definition) is 1. The Morgan fingerprint density at radius 1 is 1.28 bits per heavy atom. The molecule has 18 heavy (non-hydrogen) atoms. The van der Waals surface area contributed by atoms with Gasteiger partial charge >= 0.3 is 0 Å². The van der Waals surface area contributed by atoms with E-state index in [-0.39, 0.29) is 0 Å². The number of nitrogens with one attached hydrogen (secondary N) is 1. The van der Waals surface area contributed by atoms with Crippen LogP contribution in [0.15, 0.2) is 24.3 Å². The van der Waals surface area contributed by atoms with Crippen LogP contribution in [0.3, 0.4) is 0 Å². The summed E-state index contributed by atoms with van der Waals surface area (Å²) in [6, 6.07) is 9.13. The van der Waals surface area contributed by atoms with Crippen molar-refractivity contribution < 1.29 is 0 Å². The Morgan fingerprint density at radius 2 is 1.94 bits per heavy atom. The van der Waals surface area contributed by atoms with E-state index in [9.17, 15) is 0 Å². The quantitative estimate of drug-likeness (QED) is 0.796. The number of nitrogens with zero attached hydrogens (tertiary/aromatic N) is 1. The van der Waals surface area contributed by atoms with Crippen LogP contribution in [0.25, 0.3) is 0 Å². The average molecular weight is 246 g/mol. The SMILES string of the molecule is CNCC(C)c1ccc(CN(C)CC2CC2)cc1. The molecule has 0 heterocycles. The van der Waals surface area contributed by atoms with Crippen molar-refractivity contribution in [2.24, 2.45) is 5.92 Å². The Balaban J connectivity index is 1.86. The fourth-order valence-corrected chi connectivity index (χ4v) is 2.49. The van der Waals surface area contributed by atoms with Crippen molar-refractivity contribution in [2.45, 2.75) is 32.2 Å². The minimum atomic E-state index is 0.591. The van der Waals surface area contributed by atoms with Crippen LogP contribution in [0.4, 0.5) is 0 Å². The Bertz CT molecular complexity index is 354. The molecule has 1 saturated carbocycles. The summed E-state index contributed by atoms with van der Waals surface area (Å²) in [6.45, 7) is 5.65. The van der Waals surface area contributed by atoms with Crippen LogP contribution in [0.5, 0.6) is 0 Å². The predicted molar refractivity (Wildman–Crippen MR) is 77.8 cm³/mol. The summed E-state index contributed by atoms with van der Waals surface area (Å²) in [6.07, 6.45) is 2.87. The van der Waals surface area contributed by atoms with E-state index >= 15 is 0 Å². The highest BCUT2D eigenvalue weighted by Crippen LogP contribution is 2.29. The fraction of sp³-hybridized carbons (Fsp3) is 0.625. The molecule has 0 aliphatic heterocycles. The van der Waals surface area contributed by atoms with Gasteiger partial charge in [-0.05, 0) is 49.9 Å². The Labute approximate surface area is 111 Å². The molecule has 0 radical (unpaired) electrons. The fourth-order valence-electron chi connectivity index (χ4n) is 2.49.